The summed E-state index contributed by atoms with van der Waals surface area (Å²) in [6.45, 7) is 0.443. The van der Waals surface area contributed by atoms with Crippen molar-refractivity contribution in [2.45, 2.75) is 31.3 Å². The van der Waals surface area contributed by atoms with Gasteiger partial charge in [-0.25, -0.2) is 0 Å². The summed E-state index contributed by atoms with van der Waals surface area (Å²) in [4.78, 5) is 34.8. The molecule has 2 atom stereocenters. The van der Waals surface area contributed by atoms with Crippen LogP contribution in [0.3, 0.4) is 0 Å². The Morgan fingerprint density at radius 3 is 2.44 bits per heavy atom. The van der Waals surface area contributed by atoms with Gasteiger partial charge >= 0.3 is 0 Å². The maximum atomic E-state index is 11.8. The first-order valence-electron chi connectivity index (χ1n) is 5.07. The Bertz CT molecular complexity index is 318. The van der Waals surface area contributed by atoms with Crippen molar-refractivity contribution in [1.82, 2.24) is 4.90 Å². The van der Waals surface area contributed by atoms with E-state index in [2.05, 4.69) is 0 Å². The van der Waals surface area contributed by atoms with Crippen LogP contribution in [0.5, 0.6) is 0 Å². The Kier molecular flexibility index (Phi) is 3.83. The number of hydrogen-bond acceptors (Lipinski definition) is 4. The van der Waals surface area contributed by atoms with Gasteiger partial charge in [0.25, 0.3) is 0 Å². The number of carbonyl (C=O) groups is 3. The zero-order chi connectivity index (χ0) is 12.3. The van der Waals surface area contributed by atoms with Gasteiger partial charge in [0.1, 0.15) is 6.04 Å². The van der Waals surface area contributed by atoms with Gasteiger partial charge in [0, 0.05) is 6.54 Å². The zero-order valence-electron chi connectivity index (χ0n) is 8.89. The van der Waals surface area contributed by atoms with E-state index in [0.717, 1.165) is 0 Å². The molecular formula is C9H16N4O3. The van der Waals surface area contributed by atoms with E-state index in [9.17, 15) is 14.4 Å². The van der Waals surface area contributed by atoms with Crippen molar-refractivity contribution in [2.24, 2.45) is 17.2 Å². The van der Waals surface area contributed by atoms with E-state index < -0.39 is 29.8 Å². The summed E-state index contributed by atoms with van der Waals surface area (Å²) in [6, 6.07) is -1.59. The summed E-state index contributed by atoms with van der Waals surface area (Å²) in [5.41, 5.74) is 15.6. The Labute approximate surface area is 92.9 Å². The summed E-state index contributed by atoms with van der Waals surface area (Å²) >= 11 is 0. The third kappa shape index (κ3) is 2.69. The second-order valence-electron chi connectivity index (χ2n) is 3.87. The number of nitrogens with zero attached hydrogens (tertiary/aromatic N) is 1. The molecule has 1 aliphatic rings. The fourth-order valence-electron chi connectivity index (χ4n) is 1.84. The van der Waals surface area contributed by atoms with E-state index in [1.165, 1.54) is 4.90 Å². The molecule has 0 aromatic carbocycles. The number of amides is 3. The minimum absolute atomic E-state index is 0.221. The van der Waals surface area contributed by atoms with Crippen LogP contribution in [0.15, 0.2) is 0 Å². The number of nitrogens with two attached hydrogens (primary N) is 3. The first-order valence-corrected chi connectivity index (χ1v) is 5.07. The lowest BCUT2D eigenvalue weighted by atomic mass is 10.1. The predicted molar refractivity (Wildman–Crippen MR) is 55.7 cm³/mol. The Morgan fingerprint density at radius 1 is 1.31 bits per heavy atom. The second kappa shape index (κ2) is 4.93. The molecule has 3 amide bonds. The predicted octanol–water partition coefficient (Wildman–Crippen LogP) is -2.33. The first kappa shape index (κ1) is 12.4. The molecule has 7 nitrogen and oxygen atoms in total. The molecule has 1 saturated heterocycles. The molecule has 0 saturated carbocycles. The first-order chi connectivity index (χ1) is 7.43. The lowest BCUT2D eigenvalue weighted by Crippen LogP contribution is -2.51. The molecule has 6 N–H and O–H groups in total. The lowest BCUT2D eigenvalue weighted by Gasteiger charge is -2.24. The number of carbonyl (C=O) groups excluding carboxylic acids is 3. The molecule has 90 valence electrons. The van der Waals surface area contributed by atoms with Gasteiger partial charge in [-0.1, -0.05) is 0 Å². The smallest absolute Gasteiger partial charge is 0.240 e. The lowest BCUT2D eigenvalue weighted by molar-refractivity contribution is -0.139. The molecule has 0 aliphatic carbocycles. The summed E-state index contributed by atoms with van der Waals surface area (Å²) < 4.78 is 0. The normalized spacial score (nSPS) is 21.8. The van der Waals surface area contributed by atoms with Gasteiger partial charge in [0.05, 0.1) is 12.5 Å². The van der Waals surface area contributed by atoms with Gasteiger partial charge in [0.2, 0.25) is 17.7 Å². The van der Waals surface area contributed by atoms with Crippen molar-refractivity contribution in [2.75, 3.05) is 6.54 Å². The van der Waals surface area contributed by atoms with E-state index in [1.54, 1.807) is 0 Å². The third-order valence-electron chi connectivity index (χ3n) is 2.60. The molecule has 0 aromatic rings. The fourth-order valence-corrected chi connectivity index (χ4v) is 1.84. The SMILES string of the molecule is NC(=O)CC(N)C(=O)N1CCCC1C(N)=O. The fraction of sp³-hybridized carbons (Fsp3) is 0.667. The second-order valence-corrected chi connectivity index (χ2v) is 3.87. The van der Waals surface area contributed by atoms with Gasteiger partial charge in [-0.15, -0.1) is 0 Å². The van der Waals surface area contributed by atoms with Gasteiger partial charge in [-0.3, -0.25) is 14.4 Å². The standard InChI is InChI=1S/C9H16N4O3/c10-5(4-7(11)14)9(16)13-3-1-2-6(13)8(12)15/h5-6H,1-4,10H2,(H2,11,14)(H2,12,15). The van der Waals surface area contributed by atoms with Gasteiger partial charge in [0.15, 0.2) is 0 Å². The minimum Gasteiger partial charge on any atom is -0.370 e. The summed E-state index contributed by atoms with van der Waals surface area (Å²) in [6.07, 6.45) is 1.04. The molecule has 1 rings (SSSR count). The molecular weight excluding hydrogens is 212 g/mol. The van der Waals surface area contributed by atoms with Crippen LogP contribution >= 0.6 is 0 Å². The average molecular weight is 228 g/mol. The molecule has 0 spiro atoms. The topological polar surface area (TPSA) is 133 Å². The average Bonchev–Trinajstić information content (AvgIpc) is 2.63. The van der Waals surface area contributed by atoms with E-state index in [1.807, 2.05) is 0 Å². The van der Waals surface area contributed by atoms with Crippen LogP contribution in [-0.2, 0) is 14.4 Å². The summed E-state index contributed by atoms with van der Waals surface area (Å²) in [7, 11) is 0. The highest BCUT2D eigenvalue weighted by atomic mass is 16.2. The van der Waals surface area contributed by atoms with Crippen molar-refractivity contribution < 1.29 is 14.4 Å². The molecule has 2 unspecified atom stereocenters. The van der Waals surface area contributed by atoms with Crippen LogP contribution in [0.1, 0.15) is 19.3 Å². The van der Waals surface area contributed by atoms with Crippen LogP contribution in [0.2, 0.25) is 0 Å². The summed E-state index contributed by atoms with van der Waals surface area (Å²) in [5, 5.41) is 0. The number of rotatable bonds is 4. The Balaban J connectivity index is 2.65. The zero-order valence-corrected chi connectivity index (χ0v) is 8.89. The van der Waals surface area contributed by atoms with E-state index in [0.29, 0.717) is 19.4 Å². The molecule has 7 heteroatoms. The number of likely N-dealkylation sites (tertiary alicyclic amines) is 1. The highest BCUT2D eigenvalue weighted by molar-refractivity contribution is 5.92. The van der Waals surface area contributed by atoms with E-state index >= 15 is 0 Å². The van der Waals surface area contributed by atoms with E-state index in [4.69, 9.17) is 17.2 Å². The molecule has 0 radical (unpaired) electrons. The maximum Gasteiger partial charge on any atom is 0.240 e. The number of primary amides is 2. The molecule has 1 aliphatic heterocycles. The van der Waals surface area contributed by atoms with Crippen molar-refractivity contribution in [3.63, 3.8) is 0 Å². The van der Waals surface area contributed by atoms with E-state index in [-0.39, 0.29) is 6.42 Å². The molecule has 1 heterocycles. The van der Waals surface area contributed by atoms with Gasteiger partial charge in [-0.2, -0.15) is 0 Å². The molecule has 0 aromatic heterocycles. The van der Waals surface area contributed by atoms with Crippen molar-refractivity contribution in [3.05, 3.63) is 0 Å². The third-order valence-corrected chi connectivity index (χ3v) is 2.60. The van der Waals surface area contributed by atoms with Crippen molar-refractivity contribution in [1.29, 1.82) is 0 Å². The Hall–Kier alpha value is -1.63. The highest BCUT2D eigenvalue weighted by Crippen LogP contribution is 2.17. The Morgan fingerprint density at radius 2 is 1.94 bits per heavy atom. The highest BCUT2D eigenvalue weighted by Gasteiger charge is 2.35. The van der Waals surface area contributed by atoms with Crippen LogP contribution in [0.4, 0.5) is 0 Å². The van der Waals surface area contributed by atoms with Gasteiger partial charge < -0.3 is 22.1 Å². The van der Waals surface area contributed by atoms with Crippen LogP contribution < -0.4 is 17.2 Å². The summed E-state index contributed by atoms with van der Waals surface area (Å²) in [5.74, 6) is -1.63. The molecule has 16 heavy (non-hydrogen) atoms. The van der Waals surface area contributed by atoms with Crippen molar-refractivity contribution in [3.8, 4) is 0 Å². The minimum atomic E-state index is -0.988. The maximum absolute atomic E-state index is 11.8. The largest absolute Gasteiger partial charge is 0.370 e. The number of hydrogen-bond donors (Lipinski definition) is 3. The van der Waals surface area contributed by atoms with Gasteiger partial charge in [-0.05, 0) is 12.8 Å². The molecule has 0 bridgehead atoms. The van der Waals surface area contributed by atoms with Crippen LogP contribution in [-0.4, -0.2) is 41.2 Å². The van der Waals surface area contributed by atoms with Crippen LogP contribution in [0, 0.1) is 0 Å². The van der Waals surface area contributed by atoms with Crippen molar-refractivity contribution >= 4 is 17.7 Å². The molecule has 1 fully saturated rings. The monoisotopic (exact) mass is 228 g/mol. The quantitative estimate of drug-likeness (QED) is 0.497. The van der Waals surface area contributed by atoms with Crippen LogP contribution in [0.25, 0.3) is 0 Å².